The predicted molar refractivity (Wildman–Crippen MR) is 113 cm³/mol. The molecule has 2 aromatic rings. The number of benzene rings is 1. The van der Waals surface area contributed by atoms with Gasteiger partial charge < -0.3 is 14.6 Å². The van der Waals surface area contributed by atoms with Gasteiger partial charge >= 0.3 is 0 Å². The van der Waals surface area contributed by atoms with E-state index in [1.54, 1.807) is 14.0 Å². The van der Waals surface area contributed by atoms with E-state index in [4.69, 9.17) is 4.74 Å². The van der Waals surface area contributed by atoms with Crippen molar-refractivity contribution in [2.75, 3.05) is 25.2 Å². The Kier molecular flexibility index (Phi) is 7.23. The van der Waals surface area contributed by atoms with Crippen LogP contribution in [0.5, 0.6) is 5.75 Å². The molecule has 0 aliphatic rings. The minimum Gasteiger partial charge on any atom is -0.497 e. The number of hydrogen-bond donors (Lipinski definition) is 1. The fourth-order valence-corrected chi connectivity index (χ4v) is 3.63. The van der Waals surface area contributed by atoms with Crippen molar-refractivity contribution < 1.29 is 17.9 Å². The number of rotatable bonds is 8. The van der Waals surface area contributed by atoms with Crippen LogP contribution >= 0.6 is 0 Å². The van der Waals surface area contributed by atoms with Crippen LogP contribution in [0.2, 0.25) is 0 Å². The fourth-order valence-electron chi connectivity index (χ4n) is 2.93. The number of nitrogens with zero attached hydrogens (tertiary/aromatic N) is 2. The maximum Gasteiger partial charge on any atom is 0.261 e. The highest BCUT2D eigenvalue weighted by Gasteiger charge is 2.15. The van der Waals surface area contributed by atoms with Crippen molar-refractivity contribution in [1.82, 2.24) is 9.88 Å². The zero-order valence-corrected chi connectivity index (χ0v) is 17.8. The average Bonchev–Trinajstić information content (AvgIpc) is 2.99. The first kappa shape index (κ1) is 22.2. The first-order chi connectivity index (χ1) is 13.7. The van der Waals surface area contributed by atoms with E-state index in [1.807, 2.05) is 54.8 Å². The lowest BCUT2D eigenvalue weighted by Crippen LogP contribution is -2.30. The maximum absolute atomic E-state index is 12.3. The van der Waals surface area contributed by atoms with Crippen molar-refractivity contribution in [2.24, 2.45) is 0 Å². The third kappa shape index (κ3) is 5.48. The third-order valence-electron chi connectivity index (χ3n) is 4.60. The van der Waals surface area contributed by atoms with Gasteiger partial charge in [0, 0.05) is 29.4 Å². The van der Waals surface area contributed by atoms with Crippen molar-refractivity contribution in [1.29, 1.82) is 5.26 Å². The van der Waals surface area contributed by atoms with E-state index in [2.05, 4.69) is 5.32 Å². The van der Waals surface area contributed by atoms with Gasteiger partial charge in [-0.2, -0.15) is 5.26 Å². The van der Waals surface area contributed by atoms with Crippen LogP contribution in [0.1, 0.15) is 23.9 Å². The second kappa shape index (κ2) is 9.43. The van der Waals surface area contributed by atoms with Gasteiger partial charge in [0.05, 0.1) is 12.9 Å². The molecule has 0 spiro atoms. The molecule has 0 aliphatic carbocycles. The monoisotopic (exact) mass is 415 g/mol. The van der Waals surface area contributed by atoms with Crippen molar-refractivity contribution in [3.05, 3.63) is 52.9 Å². The molecule has 7 nitrogen and oxygen atoms in total. The number of amides is 1. The molecule has 8 heteroatoms. The van der Waals surface area contributed by atoms with Crippen molar-refractivity contribution in [3.8, 4) is 17.5 Å². The molecule has 2 rings (SSSR count). The van der Waals surface area contributed by atoms with Crippen LogP contribution in [0.15, 0.2) is 35.9 Å². The molecule has 1 aromatic carbocycles. The molecule has 0 radical (unpaired) electrons. The average molecular weight is 416 g/mol. The second-order valence-electron chi connectivity index (χ2n) is 6.52. The van der Waals surface area contributed by atoms with Gasteiger partial charge in [0.2, 0.25) is 0 Å². The van der Waals surface area contributed by atoms with E-state index >= 15 is 0 Å². The van der Waals surface area contributed by atoms with Gasteiger partial charge in [0.25, 0.3) is 5.91 Å². The highest BCUT2D eigenvalue weighted by molar-refractivity contribution is 7.91. The number of carbonyl (C=O) groups is 1. The smallest absolute Gasteiger partial charge is 0.261 e. The van der Waals surface area contributed by atoms with Crippen molar-refractivity contribution >= 4 is 21.8 Å². The number of nitrogens with one attached hydrogen (secondary N) is 1. The Morgan fingerprint density at radius 1 is 1.28 bits per heavy atom. The van der Waals surface area contributed by atoms with Crippen LogP contribution in [-0.4, -0.2) is 44.1 Å². The quantitative estimate of drug-likeness (QED) is 0.527. The van der Waals surface area contributed by atoms with E-state index in [0.29, 0.717) is 0 Å². The SMILES string of the molecule is CCS(=O)(=O)CCNC(=O)/C(C#N)=C/c1cc(C)n(-c2ccc(OC)cc2)c1C. The number of methoxy groups -OCH3 is 1. The molecule has 0 unspecified atom stereocenters. The maximum atomic E-state index is 12.3. The summed E-state index contributed by atoms with van der Waals surface area (Å²) >= 11 is 0. The van der Waals surface area contributed by atoms with E-state index in [1.165, 1.54) is 6.08 Å². The van der Waals surface area contributed by atoms with E-state index in [0.717, 1.165) is 28.4 Å². The molecule has 0 atom stereocenters. The molecule has 0 fully saturated rings. The molecule has 0 saturated carbocycles. The number of aromatic nitrogens is 1. The van der Waals surface area contributed by atoms with E-state index in [-0.39, 0.29) is 23.6 Å². The number of nitriles is 1. The summed E-state index contributed by atoms with van der Waals surface area (Å²) in [6.45, 7) is 5.37. The number of hydrogen-bond acceptors (Lipinski definition) is 5. The molecular weight excluding hydrogens is 390 g/mol. The Bertz CT molecular complexity index is 1060. The van der Waals surface area contributed by atoms with E-state index in [9.17, 15) is 18.5 Å². The van der Waals surface area contributed by atoms with Crippen LogP contribution in [0.4, 0.5) is 0 Å². The summed E-state index contributed by atoms with van der Waals surface area (Å²) in [5, 5.41) is 11.9. The van der Waals surface area contributed by atoms with Gasteiger partial charge in [-0.1, -0.05) is 6.92 Å². The minimum absolute atomic E-state index is 0.0150. The molecule has 154 valence electrons. The lowest BCUT2D eigenvalue weighted by Gasteiger charge is -2.10. The van der Waals surface area contributed by atoms with Gasteiger partial charge in [-0.25, -0.2) is 8.42 Å². The molecule has 1 heterocycles. The van der Waals surface area contributed by atoms with Crippen molar-refractivity contribution in [2.45, 2.75) is 20.8 Å². The zero-order chi connectivity index (χ0) is 21.6. The molecular formula is C21H25N3O4S. The number of carbonyl (C=O) groups excluding carboxylic acids is 1. The van der Waals surface area contributed by atoms with Gasteiger partial charge in [-0.05, 0) is 55.8 Å². The molecule has 0 bridgehead atoms. The molecule has 1 amide bonds. The summed E-state index contributed by atoms with van der Waals surface area (Å²) in [5.41, 5.74) is 3.43. The lowest BCUT2D eigenvalue weighted by molar-refractivity contribution is -0.116. The molecule has 0 aliphatic heterocycles. The topological polar surface area (TPSA) is 101 Å². The summed E-state index contributed by atoms with van der Waals surface area (Å²) < 4.78 is 30.3. The van der Waals surface area contributed by atoms with Gasteiger partial charge in [0.15, 0.2) is 9.84 Å². The Balaban J connectivity index is 2.25. The van der Waals surface area contributed by atoms with Gasteiger partial charge in [-0.15, -0.1) is 0 Å². The first-order valence-corrected chi connectivity index (χ1v) is 11.0. The summed E-state index contributed by atoms with van der Waals surface area (Å²) in [5.74, 6) is 0.0269. The number of sulfone groups is 1. The Morgan fingerprint density at radius 2 is 1.93 bits per heavy atom. The Hall–Kier alpha value is -3.05. The molecule has 1 aromatic heterocycles. The summed E-state index contributed by atoms with van der Waals surface area (Å²) in [6.07, 6.45) is 1.52. The molecule has 1 N–H and O–H groups in total. The molecule has 0 saturated heterocycles. The highest BCUT2D eigenvalue weighted by Crippen LogP contribution is 2.24. The predicted octanol–water partition coefficient (Wildman–Crippen LogP) is 2.56. The zero-order valence-electron chi connectivity index (χ0n) is 17.0. The Labute approximate surface area is 171 Å². The summed E-state index contributed by atoms with van der Waals surface area (Å²) in [6, 6.07) is 11.4. The van der Waals surface area contributed by atoms with Crippen LogP contribution in [0.25, 0.3) is 11.8 Å². The second-order valence-corrected chi connectivity index (χ2v) is 8.99. The van der Waals surface area contributed by atoms with Crippen LogP contribution in [0.3, 0.4) is 0 Å². The first-order valence-electron chi connectivity index (χ1n) is 9.16. The number of ether oxygens (including phenoxy) is 1. The number of aryl methyl sites for hydroxylation is 1. The fraction of sp³-hybridized carbons (Fsp3) is 0.333. The summed E-state index contributed by atoms with van der Waals surface area (Å²) in [7, 11) is -1.57. The van der Waals surface area contributed by atoms with Crippen LogP contribution in [0, 0.1) is 25.2 Å². The van der Waals surface area contributed by atoms with Gasteiger partial charge in [0.1, 0.15) is 17.4 Å². The van der Waals surface area contributed by atoms with Crippen LogP contribution < -0.4 is 10.1 Å². The standard InChI is InChI=1S/C21H25N3O4S/c1-5-29(26,27)11-10-23-21(25)18(14-22)13-17-12-15(2)24(16(17)3)19-6-8-20(28-4)9-7-19/h6-9,12-13H,5,10-11H2,1-4H3,(H,23,25)/b18-13+. The molecule has 29 heavy (non-hydrogen) atoms. The minimum atomic E-state index is -3.18. The van der Waals surface area contributed by atoms with Crippen molar-refractivity contribution in [3.63, 3.8) is 0 Å². The largest absolute Gasteiger partial charge is 0.497 e. The lowest BCUT2D eigenvalue weighted by atomic mass is 10.1. The third-order valence-corrected chi connectivity index (χ3v) is 6.31. The summed E-state index contributed by atoms with van der Waals surface area (Å²) in [4.78, 5) is 12.3. The van der Waals surface area contributed by atoms with Gasteiger partial charge in [-0.3, -0.25) is 4.79 Å². The highest BCUT2D eigenvalue weighted by atomic mass is 32.2. The van der Waals surface area contributed by atoms with E-state index < -0.39 is 15.7 Å². The van der Waals surface area contributed by atoms with Crippen LogP contribution in [-0.2, 0) is 14.6 Å². The normalized spacial score (nSPS) is 11.8. The Morgan fingerprint density at radius 3 is 2.48 bits per heavy atom.